The number of carbonyl (C=O) groups excluding carboxylic acids is 3. The number of hydrogen-bond acceptors (Lipinski definition) is 11. The van der Waals surface area contributed by atoms with E-state index in [4.69, 9.17) is 0 Å². The van der Waals surface area contributed by atoms with Crippen LogP contribution in [-0.4, -0.2) is 76.2 Å². The van der Waals surface area contributed by atoms with E-state index in [1.165, 1.54) is 43.3 Å². The fourth-order valence-electron chi connectivity index (χ4n) is 7.69. The fourth-order valence-corrected chi connectivity index (χ4v) is 8.37. The van der Waals surface area contributed by atoms with E-state index in [2.05, 4.69) is 40.0 Å². The van der Waals surface area contributed by atoms with Gasteiger partial charge in [0.2, 0.25) is 11.8 Å². The standard InChI is InChI=1S/C27H25F3N4O3S.C25H23F3N4O3/c1-18(35)38-17-23(20-6-3-2-4-7-20)33-25(36)14-13-24-32-22-8-5-15-31-26(22)34(24)16-19-9-11-21(12-10-19)37-27(28,29)30;26-25(27,28)35-19-10-8-17(9-11-19)15-32-22(30-20-7-4-14-29-24(20)32)12-13-23(34)31-21(16-33)18-5-2-1-3-6-18/h2-12,15,23H,13-14,16-17H2,1H3,(H,33,36);1-11,14,21,33H,12-13,15-16H2,(H,31,34)/t23-;21-/m00/s1. The highest BCUT2D eigenvalue weighted by Crippen LogP contribution is 2.27. The second-order valence-electron chi connectivity index (χ2n) is 16.4. The molecule has 0 bridgehead atoms. The molecule has 2 amide bonds. The van der Waals surface area contributed by atoms with Crippen molar-refractivity contribution in [2.45, 2.75) is 70.5 Å². The number of thioether (sulfide) groups is 1. The molecule has 4 aromatic heterocycles. The van der Waals surface area contributed by atoms with E-state index in [-0.39, 0.29) is 53.9 Å². The summed E-state index contributed by atoms with van der Waals surface area (Å²) in [6.07, 6.45) is -5.35. The predicted octanol–water partition coefficient (Wildman–Crippen LogP) is 9.61. The Labute approximate surface area is 418 Å². The third-order valence-corrected chi connectivity index (χ3v) is 11.9. The lowest BCUT2D eigenvalue weighted by molar-refractivity contribution is -0.275. The summed E-state index contributed by atoms with van der Waals surface area (Å²) in [6, 6.07) is 36.1. The Balaban J connectivity index is 0.000000214. The number of halogens is 6. The number of aryl methyl sites for hydroxylation is 2. The lowest BCUT2D eigenvalue weighted by Gasteiger charge is -2.18. The third kappa shape index (κ3) is 15.9. The molecule has 0 unspecified atom stereocenters. The molecular weight excluding hydrogens is 979 g/mol. The average molecular weight is 1030 g/mol. The number of nitrogens with one attached hydrogen (secondary N) is 2. The largest absolute Gasteiger partial charge is 0.573 e. The minimum atomic E-state index is -4.76. The van der Waals surface area contributed by atoms with Crippen molar-refractivity contribution >= 4 is 51.0 Å². The van der Waals surface area contributed by atoms with E-state index >= 15 is 0 Å². The van der Waals surface area contributed by atoms with Crippen molar-refractivity contribution in [2.24, 2.45) is 0 Å². The zero-order valence-electron chi connectivity index (χ0n) is 39.0. The number of nitrogens with zero attached hydrogens (tertiary/aromatic N) is 6. The molecule has 3 N–H and O–H groups in total. The highest BCUT2D eigenvalue weighted by molar-refractivity contribution is 8.13. The Morgan fingerprint density at radius 1 is 0.589 bits per heavy atom. The van der Waals surface area contributed by atoms with Crippen molar-refractivity contribution < 1.29 is 55.3 Å². The second-order valence-corrected chi connectivity index (χ2v) is 17.5. The van der Waals surface area contributed by atoms with Gasteiger partial charge in [-0.1, -0.05) is 96.7 Å². The summed E-state index contributed by atoms with van der Waals surface area (Å²) >= 11 is 1.15. The first kappa shape index (κ1) is 53.0. The molecule has 0 aliphatic rings. The van der Waals surface area contributed by atoms with Gasteiger partial charge in [-0.25, -0.2) is 19.9 Å². The number of aromatic nitrogens is 6. The Morgan fingerprint density at radius 2 is 1.00 bits per heavy atom. The molecule has 73 heavy (non-hydrogen) atoms. The van der Waals surface area contributed by atoms with Crippen LogP contribution >= 0.6 is 11.8 Å². The molecule has 0 spiro atoms. The van der Waals surface area contributed by atoms with Gasteiger partial charge in [0, 0.05) is 50.8 Å². The molecule has 4 aromatic carbocycles. The first-order chi connectivity index (χ1) is 35.0. The van der Waals surface area contributed by atoms with E-state index in [0.717, 1.165) is 34.0 Å². The molecule has 0 radical (unpaired) electrons. The Bertz CT molecular complexity index is 3080. The summed E-state index contributed by atoms with van der Waals surface area (Å²) in [4.78, 5) is 55.1. The van der Waals surface area contributed by atoms with E-state index in [9.17, 15) is 45.8 Å². The number of carbonyl (C=O) groups is 3. The maximum Gasteiger partial charge on any atom is 0.573 e. The van der Waals surface area contributed by atoms with Crippen LogP contribution in [0, 0.1) is 0 Å². The number of imidazole rings is 2. The Morgan fingerprint density at radius 3 is 1.40 bits per heavy atom. The zero-order valence-corrected chi connectivity index (χ0v) is 39.8. The monoisotopic (exact) mass is 1030 g/mol. The second kappa shape index (κ2) is 24.6. The number of ether oxygens (including phenoxy) is 2. The minimum Gasteiger partial charge on any atom is -0.406 e. The summed E-state index contributed by atoms with van der Waals surface area (Å²) in [7, 11) is 0. The number of aliphatic hydroxyl groups excluding tert-OH is 1. The molecule has 0 aliphatic heterocycles. The normalized spacial score (nSPS) is 12.4. The van der Waals surface area contributed by atoms with Gasteiger partial charge in [-0.2, -0.15) is 0 Å². The maximum atomic E-state index is 12.9. The quantitative estimate of drug-likeness (QED) is 0.0658. The lowest BCUT2D eigenvalue weighted by atomic mass is 10.1. The molecular formula is C52H48F6N8O6S. The van der Waals surface area contributed by atoms with Gasteiger partial charge in [-0.15, -0.1) is 26.3 Å². The summed E-state index contributed by atoms with van der Waals surface area (Å²) in [5.41, 5.74) is 5.67. The number of aliphatic hydroxyl groups is 1. The van der Waals surface area contributed by atoms with Crippen molar-refractivity contribution in [1.82, 2.24) is 39.7 Å². The van der Waals surface area contributed by atoms with Crippen LogP contribution < -0.4 is 20.1 Å². The van der Waals surface area contributed by atoms with Crippen molar-refractivity contribution in [3.63, 3.8) is 0 Å². The van der Waals surface area contributed by atoms with Crippen LogP contribution in [0.25, 0.3) is 22.3 Å². The van der Waals surface area contributed by atoms with Crippen LogP contribution in [0.5, 0.6) is 11.5 Å². The van der Waals surface area contributed by atoms with E-state index in [0.29, 0.717) is 65.7 Å². The molecule has 0 saturated heterocycles. The number of hydrogen-bond donors (Lipinski definition) is 3. The molecule has 380 valence electrons. The molecule has 2 atom stereocenters. The lowest BCUT2D eigenvalue weighted by Crippen LogP contribution is -2.31. The van der Waals surface area contributed by atoms with Crippen LogP contribution in [0.15, 0.2) is 146 Å². The van der Waals surface area contributed by atoms with Crippen molar-refractivity contribution in [3.05, 3.63) is 180 Å². The first-order valence-corrected chi connectivity index (χ1v) is 23.7. The summed E-state index contributed by atoms with van der Waals surface area (Å²) in [5.74, 6) is 0.618. The molecule has 14 nitrogen and oxygen atoms in total. The molecule has 8 aromatic rings. The van der Waals surface area contributed by atoms with Gasteiger partial charge in [0.25, 0.3) is 0 Å². The molecule has 4 heterocycles. The molecule has 0 saturated carbocycles. The third-order valence-electron chi connectivity index (χ3n) is 11.0. The number of benzene rings is 4. The summed E-state index contributed by atoms with van der Waals surface area (Å²) < 4.78 is 86.3. The molecule has 8 rings (SSSR count). The van der Waals surface area contributed by atoms with Crippen LogP contribution in [0.2, 0.25) is 0 Å². The minimum absolute atomic E-state index is 0.0283. The van der Waals surface area contributed by atoms with Gasteiger partial charge in [-0.3, -0.25) is 14.4 Å². The Hall–Kier alpha value is -7.78. The van der Waals surface area contributed by atoms with Gasteiger partial charge in [0.15, 0.2) is 16.4 Å². The number of pyridine rings is 2. The number of fused-ring (bicyclic) bond motifs is 2. The van der Waals surface area contributed by atoms with Gasteiger partial charge < -0.3 is 34.3 Å². The number of alkyl halides is 6. The SMILES string of the molecule is CC(=O)SC[C@H](NC(=O)CCc1nc2cccnc2n1Cc1ccc(OC(F)(F)F)cc1)c1ccccc1.O=C(CCc1nc2cccnc2n1Cc1ccc(OC(F)(F)F)cc1)N[C@@H](CO)c1ccccc1. The van der Waals surface area contributed by atoms with Crippen LogP contribution in [0.3, 0.4) is 0 Å². The highest BCUT2D eigenvalue weighted by Gasteiger charge is 2.32. The fraction of sp³-hybridized carbons (Fsp3) is 0.250. The zero-order chi connectivity index (χ0) is 52.0. The summed E-state index contributed by atoms with van der Waals surface area (Å²) in [6.45, 7) is 1.87. The first-order valence-electron chi connectivity index (χ1n) is 22.7. The van der Waals surface area contributed by atoms with Crippen molar-refractivity contribution in [1.29, 1.82) is 0 Å². The van der Waals surface area contributed by atoms with E-state index < -0.39 is 18.8 Å². The van der Waals surface area contributed by atoms with Crippen LogP contribution in [0.4, 0.5) is 26.3 Å². The van der Waals surface area contributed by atoms with Gasteiger partial charge >= 0.3 is 12.7 Å². The van der Waals surface area contributed by atoms with E-state index in [1.807, 2.05) is 75.9 Å². The molecule has 21 heteroatoms. The van der Waals surface area contributed by atoms with Crippen LogP contribution in [0.1, 0.15) is 65.8 Å². The predicted molar refractivity (Wildman–Crippen MR) is 261 cm³/mol. The summed E-state index contributed by atoms with van der Waals surface area (Å²) in [5, 5.41) is 15.5. The Kier molecular flexibility index (Phi) is 17.8. The highest BCUT2D eigenvalue weighted by atomic mass is 32.2. The number of amides is 2. The van der Waals surface area contributed by atoms with Crippen molar-refractivity contribution in [2.75, 3.05) is 12.4 Å². The van der Waals surface area contributed by atoms with Gasteiger partial charge in [0.05, 0.1) is 31.8 Å². The van der Waals surface area contributed by atoms with Gasteiger partial charge in [-0.05, 0) is 70.8 Å². The maximum absolute atomic E-state index is 12.9. The smallest absolute Gasteiger partial charge is 0.406 e. The topological polar surface area (TPSA) is 175 Å². The van der Waals surface area contributed by atoms with E-state index in [1.54, 1.807) is 42.7 Å². The number of rotatable bonds is 19. The van der Waals surface area contributed by atoms with Gasteiger partial charge in [0.1, 0.15) is 34.2 Å². The van der Waals surface area contributed by atoms with Crippen LogP contribution in [-0.2, 0) is 40.3 Å². The molecule has 0 fully saturated rings. The molecule has 0 aliphatic carbocycles. The average Bonchev–Trinajstić information content (AvgIpc) is 3.90. The van der Waals surface area contributed by atoms with Crippen molar-refractivity contribution in [3.8, 4) is 11.5 Å².